The van der Waals surface area contributed by atoms with Crippen molar-refractivity contribution in [1.82, 2.24) is 0 Å². The van der Waals surface area contributed by atoms with Gasteiger partial charge in [0.25, 0.3) is 0 Å². The van der Waals surface area contributed by atoms with Crippen LogP contribution in [0.3, 0.4) is 0 Å². The number of terminal acetylenes is 1. The summed E-state index contributed by atoms with van der Waals surface area (Å²) in [6.07, 6.45) is 4.99. The average molecular weight is 211 g/mol. The van der Waals surface area contributed by atoms with Gasteiger partial charge in [-0.3, -0.25) is 0 Å². The minimum absolute atomic E-state index is 0.0414. The van der Waals surface area contributed by atoms with Gasteiger partial charge in [0.2, 0.25) is 0 Å². The van der Waals surface area contributed by atoms with Crippen LogP contribution in [0.5, 0.6) is 5.75 Å². The van der Waals surface area contributed by atoms with E-state index in [2.05, 4.69) is 5.92 Å². The molecule has 0 aliphatic rings. The normalized spacial score (nSPS) is 9.14. The first-order chi connectivity index (χ1) is 6.65. The molecule has 0 radical (unpaired) electrons. The molecule has 0 aliphatic heterocycles. The van der Waals surface area contributed by atoms with Gasteiger partial charge < -0.3 is 9.84 Å². The second-order valence-electron chi connectivity index (χ2n) is 2.44. The van der Waals surface area contributed by atoms with Crippen molar-refractivity contribution < 1.29 is 14.6 Å². The van der Waals surface area contributed by atoms with E-state index in [1.165, 1.54) is 18.2 Å². The highest BCUT2D eigenvalue weighted by Crippen LogP contribution is 2.22. The van der Waals surface area contributed by atoms with Crippen molar-refractivity contribution in [1.29, 1.82) is 0 Å². The van der Waals surface area contributed by atoms with Crippen LogP contribution in [-0.2, 0) is 0 Å². The number of ether oxygens (including phenoxy) is 1. The maximum Gasteiger partial charge on any atom is 0.337 e. The molecule has 0 amide bonds. The van der Waals surface area contributed by atoms with Gasteiger partial charge in [0.05, 0.1) is 10.6 Å². The monoisotopic (exact) mass is 210 g/mol. The van der Waals surface area contributed by atoms with Crippen LogP contribution >= 0.6 is 11.6 Å². The number of carboxylic acid groups (broad SMARTS) is 1. The van der Waals surface area contributed by atoms with E-state index in [0.29, 0.717) is 5.75 Å². The second kappa shape index (κ2) is 4.54. The summed E-state index contributed by atoms with van der Waals surface area (Å²) >= 11 is 5.69. The standard InChI is InChI=1S/C10H7ClO3/c1-2-5-14-7-3-4-8(10(12)13)9(11)6-7/h1,3-4,6H,5H2,(H,12,13). The van der Waals surface area contributed by atoms with Gasteiger partial charge in [-0.25, -0.2) is 4.79 Å². The molecule has 0 aromatic heterocycles. The summed E-state index contributed by atoms with van der Waals surface area (Å²) in [5, 5.41) is 8.81. The Morgan fingerprint density at radius 3 is 2.86 bits per heavy atom. The van der Waals surface area contributed by atoms with Crippen molar-refractivity contribution in [2.24, 2.45) is 0 Å². The lowest BCUT2D eigenvalue weighted by Gasteiger charge is -2.03. The number of hydrogen-bond acceptors (Lipinski definition) is 2. The second-order valence-corrected chi connectivity index (χ2v) is 2.85. The lowest BCUT2D eigenvalue weighted by molar-refractivity contribution is 0.0697. The summed E-state index contributed by atoms with van der Waals surface area (Å²) in [7, 11) is 0. The summed E-state index contributed by atoms with van der Waals surface area (Å²) in [5.74, 6) is 1.68. The van der Waals surface area contributed by atoms with Crippen LogP contribution in [0.25, 0.3) is 0 Å². The molecule has 1 aromatic carbocycles. The molecule has 3 nitrogen and oxygen atoms in total. The number of rotatable bonds is 3. The molecule has 72 valence electrons. The predicted octanol–water partition coefficient (Wildman–Crippen LogP) is 2.05. The van der Waals surface area contributed by atoms with E-state index in [1.807, 2.05) is 0 Å². The molecule has 1 rings (SSSR count). The summed E-state index contributed by atoms with van der Waals surface area (Å²) in [6, 6.07) is 4.30. The van der Waals surface area contributed by atoms with Gasteiger partial charge in [-0.05, 0) is 18.2 Å². The van der Waals surface area contributed by atoms with E-state index in [4.69, 9.17) is 27.9 Å². The molecule has 0 atom stereocenters. The molecule has 0 heterocycles. The van der Waals surface area contributed by atoms with Crippen molar-refractivity contribution in [2.45, 2.75) is 0 Å². The molecule has 1 N–H and O–H groups in total. The van der Waals surface area contributed by atoms with E-state index >= 15 is 0 Å². The fraction of sp³-hybridized carbons (Fsp3) is 0.100. The highest BCUT2D eigenvalue weighted by molar-refractivity contribution is 6.33. The van der Waals surface area contributed by atoms with Crippen LogP contribution in [-0.4, -0.2) is 17.7 Å². The average Bonchev–Trinajstić information content (AvgIpc) is 2.14. The topological polar surface area (TPSA) is 46.5 Å². The maximum atomic E-state index is 10.6. The van der Waals surface area contributed by atoms with Crippen molar-refractivity contribution in [2.75, 3.05) is 6.61 Å². The molecule has 0 aliphatic carbocycles. The number of hydrogen-bond donors (Lipinski definition) is 1. The third kappa shape index (κ3) is 2.41. The minimum Gasteiger partial charge on any atom is -0.481 e. The molecule has 0 spiro atoms. The predicted molar refractivity (Wildman–Crippen MR) is 52.7 cm³/mol. The Kier molecular flexibility index (Phi) is 3.38. The summed E-state index contributed by atoms with van der Waals surface area (Å²) in [6.45, 7) is 0.128. The zero-order valence-corrected chi connectivity index (χ0v) is 7.91. The summed E-state index contributed by atoms with van der Waals surface area (Å²) in [5.41, 5.74) is 0.0414. The lowest BCUT2D eigenvalue weighted by atomic mass is 10.2. The molecule has 0 saturated carbocycles. The molecule has 0 unspecified atom stereocenters. The fourth-order valence-electron chi connectivity index (χ4n) is 0.884. The highest BCUT2D eigenvalue weighted by Gasteiger charge is 2.08. The smallest absolute Gasteiger partial charge is 0.337 e. The Hall–Kier alpha value is -1.66. The van der Waals surface area contributed by atoms with Crippen LogP contribution in [0.4, 0.5) is 0 Å². The Balaban J connectivity index is 2.90. The van der Waals surface area contributed by atoms with Crippen molar-refractivity contribution in [3.63, 3.8) is 0 Å². The van der Waals surface area contributed by atoms with Gasteiger partial charge in [0.1, 0.15) is 12.4 Å². The van der Waals surface area contributed by atoms with Crippen molar-refractivity contribution in [3.8, 4) is 18.1 Å². The largest absolute Gasteiger partial charge is 0.481 e. The third-order valence-corrected chi connectivity index (χ3v) is 1.81. The molecule has 4 heteroatoms. The van der Waals surface area contributed by atoms with E-state index < -0.39 is 5.97 Å². The zero-order chi connectivity index (χ0) is 10.6. The van der Waals surface area contributed by atoms with Crippen LogP contribution in [0.15, 0.2) is 18.2 Å². The first-order valence-corrected chi connectivity index (χ1v) is 4.12. The van der Waals surface area contributed by atoms with Gasteiger partial charge in [0, 0.05) is 0 Å². The number of carboxylic acids is 1. The van der Waals surface area contributed by atoms with Crippen LogP contribution in [0.1, 0.15) is 10.4 Å². The lowest BCUT2D eigenvalue weighted by Crippen LogP contribution is -1.99. The molecule has 14 heavy (non-hydrogen) atoms. The van der Waals surface area contributed by atoms with E-state index in [0.717, 1.165) is 0 Å². The minimum atomic E-state index is -1.07. The van der Waals surface area contributed by atoms with Gasteiger partial charge >= 0.3 is 5.97 Å². The number of aromatic carboxylic acids is 1. The Bertz CT molecular complexity index is 393. The van der Waals surface area contributed by atoms with Crippen LogP contribution in [0, 0.1) is 12.3 Å². The highest BCUT2D eigenvalue weighted by atomic mass is 35.5. The maximum absolute atomic E-state index is 10.6. The van der Waals surface area contributed by atoms with E-state index in [-0.39, 0.29) is 17.2 Å². The van der Waals surface area contributed by atoms with Crippen LogP contribution < -0.4 is 4.74 Å². The molecule has 0 bridgehead atoms. The first kappa shape index (κ1) is 10.4. The Morgan fingerprint density at radius 2 is 2.36 bits per heavy atom. The molecule has 0 saturated heterocycles. The molecular weight excluding hydrogens is 204 g/mol. The SMILES string of the molecule is C#CCOc1ccc(C(=O)O)c(Cl)c1. The van der Waals surface area contributed by atoms with Crippen molar-refractivity contribution in [3.05, 3.63) is 28.8 Å². The molecular formula is C10H7ClO3. The van der Waals surface area contributed by atoms with Crippen LogP contribution in [0.2, 0.25) is 5.02 Å². The summed E-state index contributed by atoms with van der Waals surface area (Å²) < 4.78 is 5.06. The third-order valence-electron chi connectivity index (χ3n) is 1.49. The number of halogens is 1. The van der Waals surface area contributed by atoms with Crippen molar-refractivity contribution >= 4 is 17.6 Å². The molecule has 1 aromatic rings. The zero-order valence-electron chi connectivity index (χ0n) is 7.16. The molecule has 0 fully saturated rings. The quantitative estimate of drug-likeness (QED) is 0.777. The van der Waals surface area contributed by atoms with Gasteiger partial charge in [-0.2, -0.15) is 0 Å². The number of benzene rings is 1. The first-order valence-electron chi connectivity index (χ1n) is 3.74. The van der Waals surface area contributed by atoms with Gasteiger partial charge in [-0.1, -0.05) is 17.5 Å². The Morgan fingerprint density at radius 1 is 1.64 bits per heavy atom. The van der Waals surface area contributed by atoms with E-state index in [1.54, 1.807) is 0 Å². The summed E-state index contributed by atoms with van der Waals surface area (Å²) in [4.78, 5) is 10.6. The van der Waals surface area contributed by atoms with Gasteiger partial charge in [0.15, 0.2) is 0 Å². The Labute approximate surface area is 86.3 Å². The number of carbonyl (C=O) groups is 1. The fourth-order valence-corrected chi connectivity index (χ4v) is 1.14. The van der Waals surface area contributed by atoms with Gasteiger partial charge in [-0.15, -0.1) is 6.42 Å². The van der Waals surface area contributed by atoms with E-state index in [9.17, 15) is 4.79 Å².